The van der Waals surface area contributed by atoms with Gasteiger partial charge in [0.25, 0.3) is 15.9 Å². The molecule has 6 nitrogen and oxygen atoms in total. The molecule has 0 atom stereocenters. The minimum Gasteiger partial charge on any atom is -0.352 e. The van der Waals surface area contributed by atoms with Crippen LogP contribution < -0.4 is 15.4 Å². The molecule has 0 spiro atoms. The SMILES string of the molecule is CNCCCNC(=O)c1ccc(S(=O)(=O)Nc2ccccc2C)cc1.Cl. The average Bonchev–Trinajstić information content (AvgIpc) is 2.60. The zero-order valence-corrected chi connectivity index (χ0v) is 16.4. The van der Waals surface area contributed by atoms with Crippen LogP contribution >= 0.6 is 12.4 Å². The number of benzene rings is 2. The van der Waals surface area contributed by atoms with E-state index in [1.54, 1.807) is 12.1 Å². The summed E-state index contributed by atoms with van der Waals surface area (Å²) < 4.78 is 27.5. The number of rotatable bonds is 8. The van der Waals surface area contributed by atoms with E-state index in [2.05, 4.69) is 15.4 Å². The van der Waals surface area contributed by atoms with Crippen molar-refractivity contribution in [3.63, 3.8) is 0 Å². The molecule has 142 valence electrons. The summed E-state index contributed by atoms with van der Waals surface area (Å²) in [6.45, 7) is 3.22. The number of hydrogen-bond acceptors (Lipinski definition) is 4. The lowest BCUT2D eigenvalue weighted by Gasteiger charge is -2.11. The molecule has 2 rings (SSSR count). The first-order valence-electron chi connectivity index (χ1n) is 8.05. The second kappa shape index (κ2) is 10.2. The third-order valence-corrected chi connectivity index (χ3v) is 5.09. The number of sulfonamides is 1. The first kappa shape index (κ1) is 22.0. The molecule has 8 heteroatoms. The lowest BCUT2D eigenvalue weighted by molar-refractivity contribution is 0.0953. The van der Waals surface area contributed by atoms with Crippen LogP contribution in [0.15, 0.2) is 53.4 Å². The van der Waals surface area contributed by atoms with Gasteiger partial charge < -0.3 is 10.6 Å². The number of carbonyl (C=O) groups is 1. The zero-order chi connectivity index (χ0) is 18.3. The second-order valence-electron chi connectivity index (χ2n) is 5.66. The van der Waals surface area contributed by atoms with E-state index >= 15 is 0 Å². The number of hydrogen-bond donors (Lipinski definition) is 3. The van der Waals surface area contributed by atoms with Crippen LogP contribution in [-0.2, 0) is 10.0 Å². The van der Waals surface area contributed by atoms with Gasteiger partial charge in [0.1, 0.15) is 0 Å². The molecule has 3 N–H and O–H groups in total. The molecule has 0 aromatic heterocycles. The second-order valence-corrected chi connectivity index (χ2v) is 7.34. The van der Waals surface area contributed by atoms with Crippen LogP contribution in [0.4, 0.5) is 5.69 Å². The van der Waals surface area contributed by atoms with Crippen molar-refractivity contribution in [2.24, 2.45) is 0 Å². The molecule has 2 aromatic carbocycles. The van der Waals surface area contributed by atoms with E-state index in [0.29, 0.717) is 17.8 Å². The highest BCUT2D eigenvalue weighted by Crippen LogP contribution is 2.19. The molecule has 0 aliphatic heterocycles. The number of anilines is 1. The lowest BCUT2D eigenvalue weighted by atomic mass is 10.2. The smallest absolute Gasteiger partial charge is 0.261 e. The maximum absolute atomic E-state index is 12.5. The molecule has 0 saturated carbocycles. The predicted octanol–water partition coefficient (Wildman–Crippen LogP) is 2.56. The summed E-state index contributed by atoms with van der Waals surface area (Å²) in [6, 6.07) is 13.1. The standard InChI is InChI=1S/C18H23N3O3S.ClH/c1-14-6-3-4-7-17(14)21-25(23,24)16-10-8-15(9-11-16)18(22)20-13-5-12-19-2;/h3-4,6-11,19,21H,5,12-13H2,1-2H3,(H,20,22);1H. The van der Waals surface area contributed by atoms with Gasteiger partial charge in [-0.1, -0.05) is 18.2 Å². The third-order valence-electron chi connectivity index (χ3n) is 3.71. The van der Waals surface area contributed by atoms with E-state index in [4.69, 9.17) is 0 Å². The average molecular weight is 398 g/mol. The lowest BCUT2D eigenvalue weighted by Crippen LogP contribution is -2.26. The predicted molar refractivity (Wildman–Crippen MR) is 107 cm³/mol. The molecular formula is C18H24ClN3O3S. The van der Waals surface area contributed by atoms with Gasteiger partial charge in [0.2, 0.25) is 0 Å². The minimum absolute atomic E-state index is 0. The molecule has 0 radical (unpaired) electrons. The maximum Gasteiger partial charge on any atom is 0.261 e. The summed E-state index contributed by atoms with van der Waals surface area (Å²) in [4.78, 5) is 12.1. The van der Waals surface area contributed by atoms with Crippen molar-refractivity contribution in [2.75, 3.05) is 24.9 Å². The monoisotopic (exact) mass is 397 g/mol. The van der Waals surface area contributed by atoms with Gasteiger partial charge in [-0.3, -0.25) is 9.52 Å². The quantitative estimate of drug-likeness (QED) is 0.597. The Labute approximate surface area is 160 Å². The molecule has 2 aromatic rings. The number of nitrogens with one attached hydrogen (secondary N) is 3. The van der Waals surface area contributed by atoms with Crippen molar-refractivity contribution in [3.05, 3.63) is 59.7 Å². The van der Waals surface area contributed by atoms with Crippen molar-refractivity contribution in [3.8, 4) is 0 Å². The highest BCUT2D eigenvalue weighted by molar-refractivity contribution is 7.92. The highest BCUT2D eigenvalue weighted by atomic mass is 35.5. The van der Waals surface area contributed by atoms with E-state index in [-0.39, 0.29) is 23.2 Å². The summed E-state index contributed by atoms with van der Waals surface area (Å²) in [5.74, 6) is -0.216. The summed E-state index contributed by atoms with van der Waals surface area (Å²) in [6.07, 6.45) is 0.828. The van der Waals surface area contributed by atoms with Crippen LogP contribution in [0.25, 0.3) is 0 Å². The van der Waals surface area contributed by atoms with Crippen molar-refractivity contribution >= 4 is 34.0 Å². The van der Waals surface area contributed by atoms with Gasteiger partial charge in [0, 0.05) is 12.1 Å². The number of amides is 1. The van der Waals surface area contributed by atoms with Crippen LogP contribution in [-0.4, -0.2) is 34.5 Å². The Hall–Kier alpha value is -2.09. The van der Waals surface area contributed by atoms with Gasteiger partial charge in [-0.05, 0) is 62.8 Å². The Morgan fingerprint density at radius 3 is 2.27 bits per heavy atom. The largest absolute Gasteiger partial charge is 0.352 e. The summed E-state index contributed by atoms with van der Waals surface area (Å²) >= 11 is 0. The van der Waals surface area contributed by atoms with Crippen LogP contribution in [0, 0.1) is 6.92 Å². The van der Waals surface area contributed by atoms with E-state index in [0.717, 1.165) is 18.5 Å². The molecule has 0 aliphatic carbocycles. The Morgan fingerprint density at radius 1 is 1.00 bits per heavy atom. The van der Waals surface area contributed by atoms with Gasteiger partial charge in [0.05, 0.1) is 10.6 Å². The fraction of sp³-hybridized carbons (Fsp3) is 0.278. The Morgan fingerprint density at radius 2 is 1.65 bits per heavy atom. The van der Waals surface area contributed by atoms with Crippen LogP contribution in [0.5, 0.6) is 0 Å². The van der Waals surface area contributed by atoms with E-state index in [9.17, 15) is 13.2 Å². The molecule has 1 amide bonds. The number of aryl methyl sites for hydroxylation is 1. The number of halogens is 1. The third kappa shape index (κ3) is 6.01. The van der Waals surface area contributed by atoms with Crippen LogP contribution in [0.1, 0.15) is 22.3 Å². The first-order chi connectivity index (χ1) is 11.9. The summed E-state index contributed by atoms with van der Waals surface area (Å²) in [7, 11) is -1.84. The van der Waals surface area contributed by atoms with Crippen molar-refractivity contribution in [1.82, 2.24) is 10.6 Å². The van der Waals surface area contributed by atoms with Crippen molar-refractivity contribution in [1.29, 1.82) is 0 Å². The fourth-order valence-electron chi connectivity index (χ4n) is 2.25. The van der Waals surface area contributed by atoms with E-state index in [1.807, 2.05) is 26.1 Å². The molecule has 0 fully saturated rings. The topological polar surface area (TPSA) is 87.3 Å². The van der Waals surface area contributed by atoms with Crippen LogP contribution in [0.2, 0.25) is 0 Å². The molecule has 26 heavy (non-hydrogen) atoms. The molecule has 0 bridgehead atoms. The number of para-hydroxylation sites is 1. The normalized spacial score (nSPS) is 10.7. The molecule has 0 aliphatic rings. The van der Waals surface area contributed by atoms with Gasteiger partial charge in [-0.2, -0.15) is 0 Å². The Bertz CT molecular complexity index is 824. The number of carbonyl (C=O) groups excluding carboxylic acids is 1. The van der Waals surface area contributed by atoms with Crippen LogP contribution in [0.3, 0.4) is 0 Å². The molecule has 0 unspecified atom stereocenters. The van der Waals surface area contributed by atoms with E-state index in [1.165, 1.54) is 24.3 Å². The summed E-state index contributed by atoms with van der Waals surface area (Å²) in [5.41, 5.74) is 1.80. The van der Waals surface area contributed by atoms with E-state index < -0.39 is 10.0 Å². The molecule has 0 heterocycles. The highest BCUT2D eigenvalue weighted by Gasteiger charge is 2.16. The summed E-state index contributed by atoms with van der Waals surface area (Å²) in [5, 5.41) is 5.80. The van der Waals surface area contributed by atoms with Crippen molar-refractivity contribution in [2.45, 2.75) is 18.2 Å². The maximum atomic E-state index is 12.5. The van der Waals surface area contributed by atoms with Gasteiger partial charge in [-0.15, -0.1) is 12.4 Å². The van der Waals surface area contributed by atoms with Crippen molar-refractivity contribution < 1.29 is 13.2 Å². The van der Waals surface area contributed by atoms with Gasteiger partial charge in [-0.25, -0.2) is 8.42 Å². The fourth-order valence-corrected chi connectivity index (χ4v) is 3.38. The van der Waals surface area contributed by atoms with Gasteiger partial charge in [0.15, 0.2) is 0 Å². The molecule has 0 saturated heterocycles. The minimum atomic E-state index is -3.69. The first-order valence-corrected chi connectivity index (χ1v) is 9.53. The Balaban J connectivity index is 0.00000338. The Kier molecular flexibility index (Phi) is 8.57. The molecular weight excluding hydrogens is 374 g/mol. The van der Waals surface area contributed by atoms with Gasteiger partial charge >= 0.3 is 0 Å². The zero-order valence-electron chi connectivity index (χ0n) is 14.8.